The Bertz CT molecular complexity index is 856. The smallest absolute Gasteiger partial charge is 0.336 e. The van der Waals surface area contributed by atoms with E-state index in [0.717, 1.165) is 23.1 Å². The van der Waals surface area contributed by atoms with Crippen molar-refractivity contribution >= 4 is 16.9 Å². The Balaban J connectivity index is 2.23. The Morgan fingerprint density at radius 3 is 2.52 bits per heavy atom. The van der Waals surface area contributed by atoms with Gasteiger partial charge in [-0.25, -0.2) is 9.78 Å². The minimum absolute atomic E-state index is 0.305. The van der Waals surface area contributed by atoms with Crippen molar-refractivity contribution in [3.63, 3.8) is 0 Å². The molecule has 1 heterocycles. The number of carboxylic acids is 1. The fourth-order valence-electron chi connectivity index (χ4n) is 2.72. The van der Waals surface area contributed by atoms with E-state index in [4.69, 9.17) is 0 Å². The van der Waals surface area contributed by atoms with Crippen LogP contribution in [-0.2, 0) is 0 Å². The third kappa shape index (κ3) is 2.95. The van der Waals surface area contributed by atoms with Gasteiger partial charge in [0.1, 0.15) is 0 Å². The van der Waals surface area contributed by atoms with Crippen molar-refractivity contribution in [1.82, 2.24) is 4.98 Å². The molecule has 0 fully saturated rings. The van der Waals surface area contributed by atoms with Crippen molar-refractivity contribution in [1.29, 1.82) is 0 Å². The molecule has 0 saturated heterocycles. The number of benzene rings is 2. The van der Waals surface area contributed by atoms with Crippen molar-refractivity contribution < 1.29 is 9.90 Å². The highest BCUT2D eigenvalue weighted by molar-refractivity contribution is 6.04. The maximum Gasteiger partial charge on any atom is 0.336 e. The van der Waals surface area contributed by atoms with Gasteiger partial charge < -0.3 is 5.11 Å². The summed E-state index contributed by atoms with van der Waals surface area (Å²) in [5, 5.41) is 10.3. The first-order valence-corrected chi connectivity index (χ1v) is 7.83. The summed E-state index contributed by atoms with van der Waals surface area (Å²) in [7, 11) is 0. The number of hydrogen-bond acceptors (Lipinski definition) is 2. The molecule has 2 aromatic carbocycles. The van der Waals surface area contributed by atoms with Gasteiger partial charge in [0.05, 0.1) is 16.8 Å². The van der Waals surface area contributed by atoms with Crippen LogP contribution in [0.15, 0.2) is 54.6 Å². The highest BCUT2D eigenvalue weighted by Gasteiger charge is 2.14. The quantitative estimate of drug-likeness (QED) is 0.728. The molecule has 1 N–H and O–H groups in total. The third-order valence-corrected chi connectivity index (χ3v) is 4.31. The van der Waals surface area contributed by atoms with E-state index in [0.29, 0.717) is 22.6 Å². The average molecular weight is 305 g/mol. The summed E-state index contributed by atoms with van der Waals surface area (Å²) in [6.45, 7) is 4.27. The molecule has 116 valence electrons. The average Bonchev–Trinajstić information content (AvgIpc) is 2.60. The second-order valence-electron chi connectivity index (χ2n) is 5.81. The molecule has 23 heavy (non-hydrogen) atoms. The molecule has 1 aromatic heterocycles. The molecule has 3 nitrogen and oxygen atoms in total. The lowest BCUT2D eigenvalue weighted by molar-refractivity contribution is 0.0699. The number of nitrogens with zero attached hydrogens (tertiary/aromatic N) is 1. The molecule has 0 spiro atoms. The Morgan fingerprint density at radius 1 is 1.13 bits per heavy atom. The predicted octanol–water partition coefficient (Wildman–Crippen LogP) is 5.11. The zero-order valence-corrected chi connectivity index (χ0v) is 13.3. The molecule has 0 saturated carbocycles. The Morgan fingerprint density at radius 2 is 1.87 bits per heavy atom. The Kier molecular flexibility index (Phi) is 4.11. The molecular weight excluding hydrogens is 286 g/mol. The minimum atomic E-state index is -0.920. The SMILES string of the molecule is CCC(C)c1ccc2nc(-c3ccccc3)cc(C(=O)O)c2c1. The van der Waals surface area contributed by atoms with Crippen LogP contribution in [0, 0.1) is 0 Å². The van der Waals surface area contributed by atoms with E-state index in [1.807, 2.05) is 48.5 Å². The second kappa shape index (κ2) is 6.21. The lowest BCUT2D eigenvalue weighted by Gasteiger charge is -2.12. The number of fused-ring (bicyclic) bond motifs is 1. The molecule has 3 aromatic rings. The van der Waals surface area contributed by atoms with Crippen LogP contribution in [0.1, 0.15) is 42.1 Å². The van der Waals surface area contributed by atoms with Gasteiger partial charge >= 0.3 is 5.97 Å². The van der Waals surface area contributed by atoms with Crippen molar-refractivity contribution in [2.24, 2.45) is 0 Å². The highest BCUT2D eigenvalue weighted by Crippen LogP contribution is 2.28. The molecular formula is C20H19NO2. The van der Waals surface area contributed by atoms with Crippen LogP contribution in [-0.4, -0.2) is 16.1 Å². The molecule has 0 aliphatic rings. The number of carboxylic acid groups (broad SMARTS) is 1. The lowest BCUT2D eigenvalue weighted by atomic mass is 9.95. The van der Waals surface area contributed by atoms with Gasteiger partial charge in [0, 0.05) is 10.9 Å². The zero-order valence-electron chi connectivity index (χ0n) is 13.3. The number of aromatic carboxylic acids is 1. The van der Waals surface area contributed by atoms with Crippen LogP contribution in [0.3, 0.4) is 0 Å². The van der Waals surface area contributed by atoms with E-state index >= 15 is 0 Å². The fraction of sp³-hybridized carbons (Fsp3) is 0.200. The van der Waals surface area contributed by atoms with E-state index in [-0.39, 0.29) is 0 Å². The maximum absolute atomic E-state index is 11.7. The predicted molar refractivity (Wildman–Crippen MR) is 92.8 cm³/mol. The van der Waals surface area contributed by atoms with Gasteiger partial charge in [0.15, 0.2) is 0 Å². The van der Waals surface area contributed by atoms with Crippen molar-refractivity contribution in [3.8, 4) is 11.3 Å². The van der Waals surface area contributed by atoms with Crippen LogP contribution >= 0.6 is 0 Å². The van der Waals surface area contributed by atoms with E-state index < -0.39 is 5.97 Å². The Labute approximate surface area is 135 Å². The van der Waals surface area contributed by atoms with Crippen LogP contribution < -0.4 is 0 Å². The minimum Gasteiger partial charge on any atom is -0.478 e. The summed E-state index contributed by atoms with van der Waals surface area (Å²) < 4.78 is 0. The number of pyridine rings is 1. The summed E-state index contributed by atoms with van der Waals surface area (Å²) >= 11 is 0. The third-order valence-electron chi connectivity index (χ3n) is 4.31. The first-order chi connectivity index (χ1) is 11.1. The molecule has 1 unspecified atom stereocenters. The van der Waals surface area contributed by atoms with Crippen LogP contribution in [0.25, 0.3) is 22.2 Å². The first kappa shape index (κ1) is 15.2. The van der Waals surface area contributed by atoms with Gasteiger partial charge in [-0.2, -0.15) is 0 Å². The second-order valence-corrected chi connectivity index (χ2v) is 5.81. The van der Waals surface area contributed by atoms with E-state index in [1.54, 1.807) is 6.07 Å². The maximum atomic E-state index is 11.7. The molecule has 3 heteroatoms. The first-order valence-electron chi connectivity index (χ1n) is 7.83. The molecule has 0 radical (unpaired) electrons. The van der Waals surface area contributed by atoms with Gasteiger partial charge in [-0.15, -0.1) is 0 Å². The van der Waals surface area contributed by atoms with Gasteiger partial charge in [0.2, 0.25) is 0 Å². The number of rotatable bonds is 4. The largest absolute Gasteiger partial charge is 0.478 e. The number of carbonyl (C=O) groups is 1. The van der Waals surface area contributed by atoms with Crippen molar-refractivity contribution in [2.75, 3.05) is 0 Å². The zero-order chi connectivity index (χ0) is 16.4. The molecule has 1 atom stereocenters. The van der Waals surface area contributed by atoms with Crippen molar-refractivity contribution in [2.45, 2.75) is 26.2 Å². The summed E-state index contributed by atoms with van der Waals surface area (Å²) in [6, 6.07) is 17.3. The summed E-state index contributed by atoms with van der Waals surface area (Å²) in [5.41, 5.74) is 3.78. The van der Waals surface area contributed by atoms with Gasteiger partial charge in [-0.05, 0) is 36.1 Å². The monoisotopic (exact) mass is 305 g/mol. The highest BCUT2D eigenvalue weighted by atomic mass is 16.4. The lowest BCUT2D eigenvalue weighted by Crippen LogP contribution is -2.01. The van der Waals surface area contributed by atoms with E-state index in [9.17, 15) is 9.90 Å². The van der Waals surface area contributed by atoms with Crippen LogP contribution in [0.4, 0.5) is 0 Å². The van der Waals surface area contributed by atoms with Crippen LogP contribution in [0.5, 0.6) is 0 Å². The Hall–Kier alpha value is -2.68. The fourth-order valence-corrected chi connectivity index (χ4v) is 2.72. The number of hydrogen-bond donors (Lipinski definition) is 1. The van der Waals surface area contributed by atoms with Crippen LogP contribution in [0.2, 0.25) is 0 Å². The normalized spacial score (nSPS) is 12.3. The summed E-state index contributed by atoms with van der Waals surface area (Å²) in [5.74, 6) is -0.522. The number of aromatic nitrogens is 1. The topological polar surface area (TPSA) is 50.2 Å². The molecule has 0 bridgehead atoms. The molecule has 0 amide bonds. The van der Waals surface area contributed by atoms with E-state index in [1.165, 1.54) is 0 Å². The van der Waals surface area contributed by atoms with Crippen molar-refractivity contribution in [3.05, 3.63) is 65.7 Å². The van der Waals surface area contributed by atoms with Gasteiger partial charge in [-0.1, -0.05) is 50.2 Å². The standard InChI is InChI=1S/C20H19NO2/c1-3-13(2)15-9-10-18-16(11-15)17(20(22)23)12-19(21-18)14-7-5-4-6-8-14/h4-13H,3H2,1-2H3,(H,22,23). The molecule has 0 aliphatic carbocycles. The summed E-state index contributed by atoms with van der Waals surface area (Å²) in [4.78, 5) is 16.4. The summed E-state index contributed by atoms with van der Waals surface area (Å²) in [6.07, 6.45) is 1.02. The molecule has 0 aliphatic heterocycles. The van der Waals surface area contributed by atoms with Gasteiger partial charge in [0.25, 0.3) is 0 Å². The van der Waals surface area contributed by atoms with E-state index in [2.05, 4.69) is 18.8 Å². The molecule has 3 rings (SSSR count). The van der Waals surface area contributed by atoms with Gasteiger partial charge in [-0.3, -0.25) is 0 Å².